The Balaban J connectivity index is 1.53. The zero-order valence-electron chi connectivity index (χ0n) is 19.8. The molecule has 2 aromatic carbocycles. The fourth-order valence-corrected chi connectivity index (χ4v) is 5.88. The average Bonchev–Trinajstić information content (AvgIpc) is 3.16. The molecule has 0 aliphatic carbocycles. The predicted octanol–water partition coefficient (Wildman–Crippen LogP) is 3.62. The molecule has 0 bridgehead atoms. The molecule has 182 valence electrons. The number of piperidine rings is 1. The minimum Gasteiger partial charge on any atom is -0.495 e. The maximum absolute atomic E-state index is 13.1. The molecule has 2 aromatic rings. The van der Waals surface area contributed by atoms with Crippen LogP contribution in [0.1, 0.15) is 51.1 Å². The van der Waals surface area contributed by atoms with Gasteiger partial charge in [-0.15, -0.1) is 0 Å². The van der Waals surface area contributed by atoms with E-state index in [0.717, 1.165) is 29.2 Å². The molecule has 34 heavy (non-hydrogen) atoms. The van der Waals surface area contributed by atoms with Gasteiger partial charge in [0.25, 0.3) is 0 Å². The Hall–Kier alpha value is -2.91. The average molecular weight is 486 g/mol. The molecule has 1 N–H and O–H groups in total. The highest BCUT2D eigenvalue weighted by atomic mass is 32.2. The first-order valence-corrected chi connectivity index (χ1v) is 13.1. The summed E-state index contributed by atoms with van der Waals surface area (Å²) in [4.78, 5) is 27.8. The molecule has 2 amide bonds. The molecule has 2 aliphatic rings. The molecular formula is C25H31N3O5S. The lowest BCUT2D eigenvalue weighted by atomic mass is 9.99. The van der Waals surface area contributed by atoms with E-state index in [1.54, 1.807) is 6.92 Å². The Bertz CT molecular complexity index is 1160. The number of nitrogens with one attached hydrogen (secondary N) is 1. The summed E-state index contributed by atoms with van der Waals surface area (Å²) in [6.45, 7) is 6.11. The van der Waals surface area contributed by atoms with Crippen LogP contribution in [0.2, 0.25) is 0 Å². The highest BCUT2D eigenvalue weighted by molar-refractivity contribution is 7.89. The quantitative estimate of drug-likeness (QED) is 0.602. The molecule has 9 heteroatoms. The Morgan fingerprint density at radius 1 is 1.06 bits per heavy atom. The van der Waals surface area contributed by atoms with Gasteiger partial charge in [0, 0.05) is 37.7 Å². The van der Waals surface area contributed by atoms with E-state index >= 15 is 0 Å². The van der Waals surface area contributed by atoms with Crippen molar-refractivity contribution in [1.29, 1.82) is 0 Å². The van der Waals surface area contributed by atoms with E-state index in [-0.39, 0.29) is 41.0 Å². The molecule has 2 fully saturated rings. The van der Waals surface area contributed by atoms with E-state index in [9.17, 15) is 18.0 Å². The Morgan fingerprint density at radius 2 is 1.74 bits per heavy atom. The largest absolute Gasteiger partial charge is 0.495 e. The molecule has 0 spiro atoms. The van der Waals surface area contributed by atoms with Gasteiger partial charge in [-0.2, -0.15) is 0 Å². The molecule has 2 aliphatic heterocycles. The van der Waals surface area contributed by atoms with Crippen molar-refractivity contribution in [2.45, 2.75) is 50.5 Å². The number of methoxy groups -OCH3 is 1. The van der Waals surface area contributed by atoms with Crippen molar-refractivity contribution in [3.8, 4) is 5.75 Å². The van der Waals surface area contributed by atoms with Crippen LogP contribution in [0.15, 0.2) is 47.4 Å². The number of amides is 2. The van der Waals surface area contributed by atoms with Gasteiger partial charge in [-0.05, 0) is 61.6 Å². The molecule has 0 saturated carbocycles. The number of rotatable bonds is 7. The van der Waals surface area contributed by atoms with Crippen LogP contribution in [-0.4, -0.2) is 40.4 Å². The summed E-state index contributed by atoms with van der Waals surface area (Å²) in [5, 5.41) is 0. The van der Waals surface area contributed by atoms with Crippen molar-refractivity contribution in [3.05, 3.63) is 48.0 Å². The van der Waals surface area contributed by atoms with Gasteiger partial charge in [-0.3, -0.25) is 9.59 Å². The second-order valence-electron chi connectivity index (χ2n) is 9.08. The number of anilines is 2. The zero-order valence-corrected chi connectivity index (χ0v) is 20.6. The normalized spacial score (nSPS) is 20.0. The van der Waals surface area contributed by atoms with Crippen LogP contribution in [0.5, 0.6) is 5.75 Å². The number of hydrogen-bond donors (Lipinski definition) is 1. The number of benzene rings is 2. The van der Waals surface area contributed by atoms with Gasteiger partial charge in [-0.1, -0.05) is 19.1 Å². The Morgan fingerprint density at radius 3 is 2.35 bits per heavy atom. The fraction of sp³-hybridized carbons (Fsp3) is 0.440. The van der Waals surface area contributed by atoms with Gasteiger partial charge in [0.1, 0.15) is 5.75 Å². The van der Waals surface area contributed by atoms with Crippen molar-refractivity contribution in [2.24, 2.45) is 5.92 Å². The van der Waals surface area contributed by atoms with Crippen molar-refractivity contribution in [3.63, 3.8) is 0 Å². The first kappa shape index (κ1) is 24.2. The van der Waals surface area contributed by atoms with Crippen molar-refractivity contribution in [2.75, 3.05) is 30.0 Å². The van der Waals surface area contributed by atoms with Crippen LogP contribution in [0.4, 0.5) is 11.4 Å². The van der Waals surface area contributed by atoms with Crippen molar-refractivity contribution in [1.82, 2.24) is 4.72 Å². The second-order valence-corrected chi connectivity index (χ2v) is 10.8. The number of carbonyl (C=O) groups excluding carboxylic acids is 2. The van der Waals surface area contributed by atoms with Crippen LogP contribution < -0.4 is 19.3 Å². The molecule has 8 nitrogen and oxygen atoms in total. The van der Waals surface area contributed by atoms with Crippen LogP contribution >= 0.6 is 0 Å². The lowest BCUT2D eigenvalue weighted by Crippen LogP contribution is -2.34. The summed E-state index contributed by atoms with van der Waals surface area (Å²) < 4.78 is 34.3. The third-order valence-corrected chi connectivity index (χ3v) is 8.04. The number of nitrogens with zero attached hydrogens (tertiary/aromatic N) is 2. The van der Waals surface area contributed by atoms with Gasteiger partial charge in [-0.25, -0.2) is 18.0 Å². The van der Waals surface area contributed by atoms with Crippen LogP contribution in [0, 0.1) is 5.92 Å². The minimum absolute atomic E-state index is 0.0402. The number of hydrogen-bond acceptors (Lipinski definition) is 6. The van der Waals surface area contributed by atoms with Gasteiger partial charge < -0.3 is 9.64 Å². The summed E-state index contributed by atoms with van der Waals surface area (Å²) in [7, 11) is -2.51. The molecule has 2 saturated heterocycles. The fourth-order valence-electron chi connectivity index (χ4n) is 4.62. The maximum atomic E-state index is 13.1. The third-order valence-electron chi connectivity index (χ3n) is 6.50. The summed E-state index contributed by atoms with van der Waals surface area (Å²) in [5.41, 5.74) is 2.13. The predicted molar refractivity (Wildman–Crippen MR) is 131 cm³/mol. The molecule has 0 aromatic heterocycles. The monoisotopic (exact) mass is 485 g/mol. The first-order chi connectivity index (χ1) is 16.2. The highest BCUT2D eigenvalue weighted by Crippen LogP contribution is 2.34. The molecular weight excluding hydrogens is 454 g/mol. The number of sulfonamides is 1. The van der Waals surface area contributed by atoms with E-state index in [4.69, 9.17) is 4.74 Å². The minimum atomic E-state index is -3.92. The van der Waals surface area contributed by atoms with E-state index in [1.165, 1.54) is 38.2 Å². The lowest BCUT2D eigenvalue weighted by molar-refractivity contribution is -0.121. The second kappa shape index (κ2) is 9.76. The molecule has 0 radical (unpaired) electrons. The van der Waals surface area contributed by atoms with E-state index < -0.39 is 16.1 Å². The zero-order chi connectivity index (χ0) is 24.5. The Kier molecular flexibility index (Phi) is 6.95. The van der Waals surface area contributed by atoms with Crippen molar-refractivity contribution >= 4 is 33.2 Å². The summed E-state index contributed by atoms with van der Waals surface area (Å²) >= 11 is 0. The van der Waals surface area contributed by atoms with E-state index in [0.29, 0.717) is 5.92 Å². The molecule has 4 rings (SSSR count). The van der Waals surface area contributed by atoms with Crippen LogP contribution in [0.3, 0.4) is 0 Å². The van der Waals surface area contributed by atoms with E-state index in [1.807, 2.05) is 24.3 Å². The summed E-state index contributed by atoms with van der Waals surface area (Å²) in [6, 6.07) is 11.7. The smallest absolute Gasteiger partial charge is 0.241 e. The highest BCUT2D eigenvalue weighted by Gasteiger charge is 2.33. The molecule has 2 heterocycles. The first-order valence-electron chi connectivity index (χ1n) is 11.6. The lowest BCUT2D eigenvalue weighted by Gasteiger charge is -2.33. The third kappa shape index (κ3) is 4.95. The maximum Gasteiger partial charge on any atom is 0.241 e. The van der Waals surface area contributed by atoms with Gasteiger partial charge in [0.2, 0.25) is 21.8 Å². The SMILES string of the molecule is COc1ccc(S(=O)(=O)NC(C)c2ccc(N3CCCC(C)C3)cc2)cc1N1C(=O)CCC1=O. The van der Waals surface area contributed by atoms with Gasteiger partial charge in [0.05, 0.1) is 17.7 Å². The van der Waals surface area contributed by atoms with E-state index in [2.05, 4.69) is 16.5 Å². The van der Waals surface area contributed by atoms with Crippen LogP contribution in [0.25, 0.3) is 0 Å². The molecule has 2 unspecified atom stereocenters. The van der Waals surface area contributed by atoms with Crippen molar-refractivity contribution < 1.29 is 22.7 Å². The topological polar surface area (TPSA) is 96.0 Å². The standard InChI is InChI=1S/C25H31N3O5S/c1-17-5-4-14-27(16-17)20-8-6-19(7-9-20)18(2)26-34(31,32)21-10-11-23(33-3)22(15-21)28-24(29)12-13-25(28)30/h6-11,15,17-18,26H,4-5,12-14,16H2,1-3H3. The summed E-state index contributed by atoms with van der Waals surface area (Å²) in [5.74, 6) is 0.183. The number of carbonyl (C=O) groups is 2. The molecule has 2 atom stereocenters. The van der Waals surface area contributed by atoms with Crippen LogP contribution in [-0.2, 0) is 19.6 Å². The number of ether oxygens (including phenoxy) is 1. The summed E-state index contributed by atoms with van der Waals surface area (Å²) in [6.07, 6.45) is 2.62. The van der Waals surface area contributed by atoms with Gasteiger partial charge >= 0.3 is 0 Å². The Labute approximate surface area is 200 Å². The number of imide groups is 1. The van der Waals surface area contributed by atoms with Gasteiger partial charge in [0.15, 0.2) is 0 Å².